The molecule has 7 heteroatoms. The third-order valence-electron chi connectivity index (χ3n) is 5.74. The smallest absolute Gasteiger partial charge is 0.254 e. The van der Waals surface area contributed by atoms with Crippen LogP contribution < -0.4 is 16.0 Å². The molecule has 1 amide bonds. The highest BCUT2D eigenvalue weighted by atomic mass is 16.1. The van der Waals surface area contributed by atoms with Crippen molar-refractivity contribution in [1.29, 1.82) is 0 Å². The number of carbonyl (C=O) groups is 1. The highest BCUT2D eigenvalue weighted by Crippen LogP contribution is 2.27. The van der Waals surface area contributed by atoms with E-state index in [0.717, 1.165) is 29.8 Å². The number of nitrogens with one attached hydrogen (secondary N) is 1. The molecule has 2 aromatic heterocycles. The molecule has 0 saturated carbocycles. The molecule has 4 rings (SSSR count). The lowest BCUT2D eigenvalue weighted by atomic mass is 10.00. The van der Waals surface area contributed by atoms with Gasteiger partial charge in [0.15, 0.2) is 0 Å². The number of pyridine rings is 1. The minimum atomic E-state index is -0.151. The molecular formula is C23H28N6O. The van der Waals surface area contributed by atoms with Crippen molar-refractivity contribution in [2.24, 2.45) is 0 Å². The Kier molecular flexibility index (Phi) is 5.44. The third kappa shape index (κ3) is 4.15. The minimum absolute atomic E-state index is 0.151. The van der Waals surface area contributed by atoms with Gasteiger partial charge in [-0.1, -0.05) is 12.1 Å². The van der Waals surface area contributed by atoms with E-state index in [-0.39, 0.29) is 5.91 Å². The second kappa shape index (κ2) is 8.18. The van der Waals surface area contributed by atoms with E-state index < -0.39 is 0 Å². The van der Waals surface area contributed by atoms with Gasteiger partial charge in [-0.2, -0.15) is 5.10 Å². The fraction of sp³-hybridized carbons (Fsp3) is 0.348. The van der Waals surface area contributed by atoms with Crippen LogP contribution in [-0.2, 0) is 19.5 Å². The molecule has 1 aliphatic rings. The van der Waals surface area contributed by atoms with Crippen LogP contribution >= 0.6 is 0 Å². The minimum Gasteiger partial charge on any atom is -0.384 e. The molecule has 0 spiro atoms. The highest BCUT2D eigenvalue weighted by molar-refractivity contribution is 5.93. The van der Waals surface area contributed by atoms with Crippen LogP contribution in [0.1, 0.15) is 44.7 Å². The summed E-state index contributed by atoms with van der Waals surface area (Å²) < 4.78 is 1.81. The largest absolute Gasteiger partial charge is 0.384 e. The number of fused-ring (bicyclic) bond motifs is 1. The fourth-order valence-electron chi connectivity index (χ4n) is 4.08. The zero-order valence-electron chi connectivity index (χ0n) is 17.8. The lowest BCUT2D eigenvalue weighted by Crippen LogP contribution is -2.24. The molecule has 0 atom stereocenters. The number of anilines is 2. The number of amides is 1. The van der Waals surface area contributed by atoms with Crippen LogP contribution in [0.3, 0.4) is 0 Å². The molecule has 156 valence electrons. The van der Waals surface area contributed by atoms with Crippen LogP contribution in [0, 0.1) is 13.8 Å². The molecule has 3 heterocycles. The van der Waals surface area contributed by atoms with Crippen molar-refractivity contribution in [2.75, 3.05) is 24.2 Å². The predicted octanol–water partition coefficient (Wildman–Crippen LogP) is 2.84. The Balaban J connectivity index is 1.42. The van der Waals surface area contributed by atoms with E-state index in [0.29, 0.717) is 24.5 Å². The summed E-state index contributed by atoms with van der Waals surface area (Å²) in [5.74, 6) is 0.344. The molecule has 3 aromatic rings. The van der Waals surface area contributed by atoms with Gasteiger partial charge in [0.05, 0.1) is 18.3 Å². The molecule has 0 saturated heterocycles. The van der Waals surface area contributed by atoms with Crippen LogP contribution in [0.15, 0.2) is 36.7 Å². The molecule has 0 aliphatic carbocycles. The van der Waals surface area contributed by atoms with Crippen LogP contribution in [0.2, 0.25) is 0 Å². The highest BCUT2D eigenvalue weighted by Gasteiger charge is 2.15. The van der Waals surface area contributed by atoms with Crippen molar-refractivity contribution in [3.8, 4) is 0 Å². The number of hydrogen-bond donors (Lipinski definition) is 2. The Hall–Kier alpha value is -3.35. The number of aryl methyl sites for hydroxylation is 3. The maximum Gasteiger partial charge on any atom is 0.254 e. The number of hydrogen-bond acceptors (Lipinski definition) is 5. The molecule has 1 aromatic carbocycles. The van der Waals surface area contributed by atoms with E-state index in [9.17, 15) is 4.79 Å². The summed E-state index contributed by atoms with van der Waals surface area (Å²) in [7, 11) is 2.14. The number of nitrogens with zero attached hydrogens (tertiary/aromatic N) is 4. The number of aromatic nitrogens is 3. The Morgan fingerprint density at radius 2 is 2.10 bits per heavy atom. The first-order valence-corrected chi connectivity index (χ1v) is 10.3. The molecule has 7 nitrogen and oxygen atoms in total. The van der Waals surface area contributed by atoms with Gasteiger partial charge in [-0.25, -0.2) is 4.98 Å². The molecule has 0 fully saturated rings. The van der Waals surface area contributed by atoms with E-state index in [4.69, 9.17) is 5.73 Å². The fourth-order valence-corrected chi connectivity index (χ4v) is 4.08. The predicted molar refractivity (Wildman–Crippen MR) is 119 cm³/mol. The molecule has 0 radical (unpaired) electrons. The van der Waals surface area contributed by atoms with Crippen molar-refractivity contribution >= 4 is 17.4 Å². The Bertz CT molecular complexity index is 1060. The zero-order chi connectivity index (χ0) is 21.3. The second-order valence-electron chi connectivity index (χ2n) is 8.03. The first-order chi connectivity index (χ1) is 14.4. The Morgan fingerprint density at radius 1 is 1.27 bits per heavy atom. The molecular weight excluding hydrogens is 376 g/mol. The molecule has 1 aliphatic heterocycles. The molecule has 3 N–H and O–H groups in total. The molecule has 30 heavy (non-hydrogen) atoms. The van der Waals surface area contributed by atoms with Crippen LogP contribution in [0.5, 0.6) is 0 Å². The van der Waals surface area contributed by atoms with Gasteiger partial charge in [-0.15, -0.1) is 0 Å². The SMILES string of the molecule is Cc1cc(N)nc(C)c1CNC(=O)c1cnn(Cc2ccc3c(c2)N(C)CCC3)c1. The van der Waals surface area contributed by atoms with E-state index in [1.807, 2.05) is 19.9 Å². The third-order valence-corrected chi connectivity index (χ3v) is 5.74. The zero-order valence-corrected chi connectivity index (χ0v) is 17.8. The van der Waals surface area contributed by atoms with Crippen molar-refractivity contribution in [2.45, 2.75) is 39.8 Å². The summed E-state index contributed by atoms with van der Waals surface area (Å²) in [4.78, 5) is 19.2. The van der Waals surface area contributed by atoms with E-state index in [2.05, 4.69) is 45.5 Å². The van der Waals surface area contributed by atoms with E-state index in [1.165, 1.54) is 23.2 Å². The van der Waals surface area contributed by atoms with Gasteiger partial charge in [0.25, 0.3) is 5.91 Å². The van der Waals surface area contributed by atoms with Gasteiger partial charge in [0.1, 0.15) is 5.82 Å². The number of carbonyl (C=O) groups excluding carboxylic acids is 1. The average Bonchev–Trinajstić information content (AvgIpc) is 3.16. The van der Waals surface area contributed by atoms with Gasteiger partial charge < -0.3 is 16.0 Å². The van der Waals surface area contributed by atoms with Crippen molar-refractivity contribution in [3.05, 3.63) is 70.2 Å². The van der Waals surface area contributed by atoms with Gasteiger partial charge in [-0.05, 0) is 61.1 Å². The summed E-state index contributed by atoms with van der Waals surface area (Å²) >= 11 is 0. The topological polar surface area (TPSA) is 89.1 Å². The van der Waals surface area contributed by atoms with Gasteiger partial charge in [0, 0.05) is 37.7 Å². The first kappa shape index (κ1) is 19.9. The van der Waals surface area contributed by atoms with Crippen LogP contribution in [0.25, 0.3) is 0 Å². The monoisotopic (exact) mass is 404 g/mol. The van der Waals surface area contributed by atoms with Crippen molar-refractivity contribution in [3.63, 3.8) is 0 Å². The summed E-state index contributed by atoms with van der Waals surface area (Å²) in [6.45, 7) is 6.01. The van der Waals surface area contributed by atoms with Gasteiger partial charge in [-0.3, -0.25) is 9.48 Å². The van der Waals surface area contributed by atoms with Crippen LogP contribution in [-0.4, -0.2) is 34.3 Å². The van der Waals surface area contributed by atoms with Crippen LogP contribution in [0.4, 0.5) is 11.5 Å². The van der Waals surface area contributed by atoms with Crippen molar-refractivity contribution < 1.29 is 4.79 Å². The molecule has 0 bridgehead atoms. The standard InChI is InChI=1S/C23H28N6O/c1-15-9-22(24)27-16(2)20(15)12-25-23(30)19-11-26-29(14-19)13-17-6-7-18-5-4-8-28(3)21(18)10-17/h6-7,9-11,14H,4-5,8,12-13H2,1-3H3,(H2,24,27)(H,25,30). The van der Waals surface area contributed by atoms with Gasteiger partial charge in [0.2, 0.25) is 0 Å². The van der Waals surface area contributed by atoms with E-state index >= 15 is 0 Å². The van der Waals surface area contributed by atoms with E-state index in [1.54, 1.807) is 17.1 Å². The maximum absolute atomic E-state index is 12.6. The lowest BCUT2D eigenvalue weighted by molar-refractivity contribution is 0.0950. The maximum atomic E-state index is 12.6. The Morgan fingerprint density at radius 3 is 2.90 bits per heavy atom. The quantitative estimate of drug-likeness (QED) is 0.683. The normalized spacial score (nSPS) is 13.2. The second-order valence-corrected chi connectivity index (χ2v) is 8.03. The number of rotatable bonds is 5. The van der Waals surface area contributed by atoms with Crippen molar-refractivity contribution in [1.82, 2.24) is 20.1 Å². The summed E-state index contributed by atoms with van der Waals surface area (Å²) in [5.41, 5.74) is 13.0. The summed E-state index contributed by atoms with van der Waals surface area (Å²) in [5, 5.41) is 7.34. The number of benzene rings is 1. The number of nitrogens with two attached hydrogens (primary N) is 1. The molecule has 0 unspecified atom stereocenters. The summed E-state index contributed by atoms with van der Waals surface area (Å²) in [6.07, 6.45) is 5.74. The number of nitrogen functional groups attached to an aromatic ring is 1. The lowest BCUT2D eigenvalue weighted by Gasteiger charge is -2.28. The van der Waals surface area contributed by atoms with Gasteiger partial charge >= 0.3 is 0 Å². The summed E-state index contributed by atoms with van der Waals surface area (Å²) in [6, 6.07) is 8.42. The average molecular weight is 405 g/mol. The Labute approximate surface area is 176 Å². The first-order valence-electron chi connectivity index (χ1n) is 10.3.